The van der Waals surface area contributed by atoms with Crippen molar-refractivity contribution in [2.24, 2.45) is 0 Å². The van der Waals surface area contributed by atoms with Gasteiger partial charge in [-0.2, -0.15) is 0 Å². The number of thiocarbonyl (C=S) groups is 1. The van der Waals surface area contributed by atoms with Crippen LogP contribution in [0.4, 0.5) is 0 Å². The maximum absolute atomic E-state index is 5.50. The molecule has 1 aromatic heterocycles. The number of hydrogen-bond donors (Lipinski definition) is 1. The van der Waals surface area contributed by atoms with Crippen molar-refractivity contribution in [2.75, 3.05) is 19.6 Å². The first kappa shape index (κ1) is 14.7. The van der Waals surface area contributed by atoms with Crippen LogP contribution < -0.4 is 5.32 Å². The lowest BCUT2D eigenvalue weighted by atomic mass is 9.99. The lowest BCUT2D eigenvalue weighted by Gasteiger charge is -2.33. The molecule has 2 heterocycles. The van der Waals surface area contributed by atoms with Gasteiger partial charge in [-0.15, -0.1) is 11.3 Å². The maximum atomic E-state index is 5.50. The highest BCUT2D eigenvalue weighted by Crippen LogP contribution is 2.32. The van der Waals surface area contributed by atoms with Gasteiger partial charge in [-0.3, -0.25) is 0 Å². The zero-order chi connectivity index (χ0) is 14.7. The van der Waals surface area contributed by atoms with E-state index in [0.717, 1.165) is 36.7 Å². The molecule has 1 N–H and O–H groups in total. The Bertz CT molecular complexity index is 590. The van der Waals surface area contributed by atoms with Crippen molar-refractivity contribution in [3.63, 3.8) is 0 Å². The number of rotatable bonds is 3. The van der Waals surface area contributed by atoms with Crippen molar-refractivity contribution in [3.05, 3.63) is 29.3 Å². The Morgan fingerprint density at radius 1 is 1.48 bits per heavy atom. The van der Waals surface area contributed by atoms with Crippen LogP contribution in [-0.4, -0.2) is 34.6 Å². The molecule has 1 aliphatic rings. The average molecular weight is 319 g/mol. The zero-order valence-corrected chi connectivity index (χ0v) is 14.0. The zero-order valence-electron chi connectivity index (χ0n) is 12.3. The fraction of sp³-hybridized carbons (Fsp3) is 0.500. The predicted octanol–water partition coefficient (Wildman–Crippen LogP) is 3.76. The number of piperidine rings is 1. The third kappa shape index (κ3) is 3.35. The summed E-state index contributed by atoms with van der Waals surface area (Å²) in [5.41, 5.74) is 1.13. The van der Waals surface area contributed by atoms with Crippen LogP contribution in [0.1, 0.15) is 37.1 Å². The molecule has 5 heteroatoms. The van der Waals surface area contributed by atoms with Gasteiger partial charge in [0.15, 0.2) is 5.11 Å². The summed E-state index contributed by atoms with van der Waals surface area (Å²) in [5, 5.41) is 5.51. The third-order valence-corrected chi connectivity index (χ3v) is 5.50. The molecule has 0 radical (unpaired) electrons. The summed E-state index contributed by atoms with van der Waals surface area (Å²) in [6.45, 7) is 5.18. The molecular weight excluding hydrogens is 298 g/mol. The first-order chi connectivity index (χ1) is 10.3. The Kier molecular flexibility index (Phi) is 4.70. The second-order valence-electron chi connectivity index (χ2n) is 5.54. The van der Waals surface area contributed by atoms with Crippen molar-refractivity contribution in [1.82, 2.24) is 15.2 Å². The van der Waals surface area contributed by atoms with Gasteiger partial charge >= 0.3 is 0 Å². The van der Waals surface area contributed by atoms with Gasteiger partial charge in [0.2, 0.25) is 0 Å². The second-order valence-corrected chi connectivity index (χ2v) is 6.99. The van der Waals surface area contributed by atoms with Gasteiger partial charge < -0.3 is 10.2 Å². The number of nitrogens with one attached hydrogen (secondary N) is 1. The molecule has 3 nitrogen and oxygen atoms in total. The number of thiazole rings is 1. The summed E-state index contributed by atoms with van der Waals surface area (Å²) in [4.78, 5) is 7.13. The van der Waals surface area contributed by atoms with Crippen LogP contribution in [0, 0.1) is 0 Å². The first-order valence-electron chi connectivity index (χ1n) is 7.66. The number of hydrogen-bond acceptors (Lipinski definition) is 3. The van der Waals surface area contributed by atoms with Gasteiger partial charge in [0.05, 0.1) is 15.2 Å². The van der Waals surface area contributed by atoms with Crippen molar-refractivity contribution in [1.29, 1.82) is 0 Å². The fourth-order valence-corrected chi connectivity index (χ4v) is 4.13. The quantitative estimate of drug-likeness (QED) is 0.872. The van der Waals surface area contributed by atoms with Gasteiger partial charge in [0.25, 0.3) is 0 Å². The predicted molar refractivity (Wildman–Crippen MR) is 94.1 cm³/mol. The molecule has 21 heavy (non-hydrogen) atoms. The molecule has 1 aromatic carbocycles. The van der Waals surface area contributed by atoms with E-state index in [2.05, 4.69) is 41.4 Å². The van der Waals surface area contributed by atoms with E-state index >= 15 is 0 Å². The summed E-state index contributed by atoms with van der Waals surface area (Å²) in [5.74, 6) is 0.512. The number of fused-ring (bicyclic) bond motifs is 1. The highest BCUT2D eigenvalue weighted by Gasteiger charge is 2.25. The van der Waals surface area contributed by atoms with Crippen molar-refractivity contribution in [3.8, 4) is 0 Å². The Morgan fingerprint density at radius 3 is 3.14 bits per heavy atom. The Hall–Kier alpha value is -1.20. The van der Waals surface area contributed by atoms with E-state index in [9.17, 15) is 0 Å². The van der Waals surface area contributed by atoms with E-state index in [1.807, 2.05) is 11.3 Å². The van der Waals surface area contributed by atoms with Gasteiger partial charge in [-0.05, 0) is 43.6 Å². The summed E-state index contributed by atoms with van der Waals surface area (Å²) >= 11 is 7.34. The topological polar surface area (TPSA) is 28.2 Å². The molecule has 0 unspecified atom stereocenters. The molecule has 0 aliphatic carbocycles. The van der Waals surface area contributed by atoms with Gasteiger partial charge in [-0.25, -0.2) is 4.98 Å². The van der Waals surface area contributed by atoms with Crippen LogP contribution >= 0.6 is 23.6 Å². The lowest BCUT2D eigenvalue weighted by molar-refractivity contribution is 0.305. The smallest absolute Gasteiger partial charge is 0.168 e. The summed E-state index contributed by atoms with van der Waals surface area (Å²) in [7, 11) is 0. The minimum atomic E-state index is 0.512. The Balaban J connectivity index is 1.72. The Morgan fingerprint density at radius 2 is 2.33 bits per heavy atom. The standard InChI is InChI=1S/C16H21N3S2/c1-2-9-17-16(20)19-10-5-6-12(11-19)15-18-13-7-3-4-8-14(13)21-15/h3-4,7-8,12H,2,5-6,9-11H2,1H3,(H,17,20)/t12-/m1/s1. The van der Waals surface area contributed by atoms with E-state index < -0.39 is 0 Å². The molecule has 0 amide bonds. The summed E-state index contributed by atoms with van der Waals surface area (Å²) in [6, 6.07) is 8.40. The number of aromatic nitrogens is 1. The van der Waals surface area contributed by atoms with E-state index in [4.69, 9.17) is 17.2 Å². The van der Waals surface area contributed by atoms with E-state index in [-0.39, 0.29) is 0 Å². The number of likely N-dealkylation sites (tertiary alicyclic amines) is 1. The molecular formula is C16H21N3S2. The van der Waals surface area contributed by atoms with Gasteiger partial charge in [-0.1, -0.05) is 19.1 Å². The minimum absolute atomic E-state index is 0.512. The maximum Gasteiger partial charge on any atom is 0.168 e. The highest BCUT2D eigenvalue weighted by atomic mass is 32.1. The average Bonchev–Trinajstić information content (AvgIpc) is 2.97. The lowest BCUT2D eigenvalue weighted by Crippen LogP contribution is -2.44. The third-order valence-electron chi connectivity index (χ3n) is 3.89. The van der Waals surface area contributed by atoms with Crippen LogP contribution in [-0.2, 0) is 0 Å². The molecule has 0 spiro atoms. The fourth-order valence-electron chi connectivity index (χ4n) is 2.77. The van der Waals surface area contributed by atoms with E-state index in [0.29, 0.717) is 5.92 Å². The molecule has 1 fully saturated rings. The number of benzene rings is 1. The molecule has 3 rings (SSSR count). The molecule has 112 valence electrons. The van der Waals surface area contributed by atoms with E-state index in [1.54, 1.807) is 0 Å². The van der Waals surface area contributed by atoms with Crippen LogP contribution in [0.15, 0.2) is 24.3 Å². The van der Waals surface area contributed by atoms with Crippen molar-refractivity contribution >= 4 is 38.9 Å². The van der Waals surface area contributed by atoms with Crippen LogP contribution in [0.25, 0.3) is 10.2 Å². The molecule has 1 saturated heterocycles. The van der Waals surface area contributed by atoms with Crippen LogP contribution in [0.2, 0.25) is 0 Å². The minimum Gasteiger partial charge on any atom is -0.363 e. The molecule has 2 aromatic rings. The summed E-state index contributed by atoms with van der Waals surface area (Å²) in [6.07, 6.45) is 3.51. The summed E-state index contributed by atoms with van der Waals surface area (Å²) < 4.78 is 1.29. The highest BCUT2D eigenvalue weighted by molar-refractivity contribution is 7.80. The van der Waals surface area contributed by atoms with Crippen molar-refractivity contribution < 1.29 is 0 Å². The molecule has 1 atom stereocenters. The number of nitrogens with zero attached hydrogens (tertiary/aromatic N) is 2. The van der Waals surface area contributed by atoms with Crippen molar-refractivity contribution in [2.45, 2.75) is 32.1 Å². The molecule has 0 bridgehead atoms. The van der Waals surface area contributed by atoms with Gasteiger partial charge in [0, 0.05) is 25.6 Å². The normalized spacial score (nSPS) is 18.9. The van der Waals surface area contributed by atoms with Crippen LogP contribution in [0.3, 0.4) is 0 Å². The molecule has 1 aliphatic heterocycles. The van der Waals surface area contributed by atoms with Gasteiger partial charge in [0.1, 0.15) is 0 Å². The monoisotopic (exact) mass is 319 g/mol. The second kappa shape index (κ2) is 6.71. The van der Waals surface area contributed by atoms with Crippen LogP contribution in [0.5, 0.6) is 0 Å². The largest absolute Gasteiger partial charge is 0.363 e. The number of para-hydroxylation sites is 1. The Labute approximate surface area is 135 Å². The molecule has 0 saturated carbocycles. The van der Waals surface area contributed by atoms with E-state index in [1.165, 1.54) is 22.5 Å². The first-order valence-corrected chi connectivity index (χ1v) is 8.88. The SMILES string of the molecule is CCCNC(=S)N1CCC[C@@H](c2nc3ccccc3s2)C1.